The maximum absolute atomic E-state index is 4.16. The van der Waals surface area contributed by atoms with Gasteiger partial charge in [-0.3, -0.25) is 0 Å². The van der Waals surface area contributed by atoms with Gasteiger partial charge in [0.15, 0.2) is 0 Å². The molecular weight excluding hydrogens is 402 g/mol. The van der Waals surface area contributed by atoms with Crippen molar-refractivity contribution in [1.82, 2.24) is 0 Å². The van der Waals surface area contributed by atoms with E-state index in [0.717, 1.165) is 34.5 Å². The molecule has 0 saturated heterocycles. The zero-order valence-electron chi connectivity index (χ0n) is 16.1. The number of allylic oxidation sites excluding steroid dienone is 1. The molecule has 3 saturated carbocycles. The molecule has 0 aromatic carbocycles. The van der Waals surface area contributed by atoms with Crippen LogP contribution in [0.3, 0.4) is 0 Å². The Labute approximate surface area is 159 Å². The molecule has 3 aliphatic carbocycles. The van der Waals surface area contributed by atoms with E-state index in [4.69, 9.17) is 0 Å². The molecule has 144 valence electrons. The molecule has 0 spiro atoms. The molecule has 0 N–H and O–H groups in total. The average Bonchev–Trinajstić information content (AvgIpc) is 2.68. The van der Waals surface area contributed by atoms with Crippen LogP contribution in [0.1, 0.15) is 96.3 Å². The zero-order chi connectivity index (χ0) is 16.9. The van der Waals surface area contributed by atoms with Gasteiger partial charge in [-0.05, 0) is 0 Å². The van der Waals surface area contributed by atoms with Crippen LogP contribution in [-0.4, -0.2) is 23.6 Å². The fourth-order valence-corrected chi connectivity index (χ4v) is 24.2. The Morgan fingerprint density at radius 3 is 1.33 bits per heavy atom. The summed E-state index contributed by atoms with van der Waals surface area (Å²) in [6, 6.07) is 0. The molecule has 0 aromatic rings. The van der Waals surface area contributed by atoms with E-state index in [-0.39, 0.29) is 0 Å². The Bertz CT molecular complexity index is 352. The first-order chi connectivity index (χ1) is 11.7. The fraction of sp³-hybridized carbons (Fsp3) is 0.909. The summed E-state index contributed by atoms with van der Waals surface area (Å²) >= 11 is 1.00. The molecule has 0 bridgehead atoms. The predicted molar refractivity (Wildman–Crippen MR) is 108 cm³/mol. The Hall–Kier alpha value is 0.832. The number of hydrogen-bond acceptors (Lipinski definition) is 0. The first-order valence-corrected chi connectivity index (χ1v) is 16.8. The summed E-state index contributed by atoms with van der Waals surface area (Å²) in [6.45, 7) is 7.16. The van der Waals surface area contributed by atoms with Gasteiger partial charge in [-0.2, -0.15) is 0 Å². The van der Waals surface area contributed by atoms with E-state index in [1.165, 1.54) is 62.7 Å². The topological polar surface area (TPSA) is 0 Å². The molecule has 2 heteroatoms. The van der Waals surface area contributed by atoms with Crippen LogP contribution >= 0.6 is 4.79 Å². The molecule has 0 atom stereocenters. The minimum atomic E-state index is -1.64. The van der Waals surface area contributed by atoms with Gasteiger partial charge in [0.25, 0.3) is 0 Å². The summed E-state index contributed by atoms with van der Waals surface area (Å²) < 4.78 is 0. The van der Waals surface area contributed by atoms with Gasteiger partial charge in [-0.25, -0.2) is 0 Å². The van der Waals surface area contributed by atoms with Gasteiger partial charge in [-0.1, -0.05) is 0 Å². The third-order valence-electron chi connectivity index (χ3n) is 7.85. The van der Waals surface area contributed by atoms with Gasteiger partial charge < -0.3 is 0 Å². The fourth-order valence-electron chi connectivity index (χ4n) is 6.50. The van der Waals surface area contributed by atoms with E-state index in [1.54, 1.807) is 38.5 Å². The van der Waals surface area contributed by atoms with Crippen LogP contribution < -0.4 is 0 Å². The molecule has 3 aliphatic rings. The van der Waals surface area contributed by atoms with E-state index >= 15 is 0 Å². The molecule has 0 radical (unpaired) electrons. The average molecular weight is 443 g/mol. The van der Waals surface area contributed by atoms with Crippen LogP contribution in [0.25, 0.3) is 0 Å². The summed E-state index contributed by atoms with van der Waals surface area (Å²) in [5.74, 6) is 0. The Morgan fingerprint density at radius 2 is 1.04 bits per heavy atom. The molecule has 0 aliphatic heterocycles. The van der Waals surface area contributed by atoms with Crippen LogP contribution in [-0.2, 0) is 17.5 Å². The van der Waals surface area contributed by atoms with Crippen molar-refractivity contribution < 1.29 is 17.5 Å². The minimum absolute atomic E-state index is 1.00. The van der Waals surface area contributed by atoms with Gasteiger partial charge in [0, 0.05) is 0 Å². The first-order valence-electron chi connectivity index (χ1n) is 10.9. The zero-order valence-corrected chi connectivity index (χ0v) is 18.5. The molecule has 3 fully saturated rings. The summed E-state index contributed by atoms with van der Waals surface area (Å²) in [7, 11) is 0. The van der Waals surface area contributed by atoms with Crippen molar-refractivity contribution in [3.05, 3.63) is 12.7 Å². The van der Waals surface area contributed by atoms with Crippen LogP contribution in [0.5, 0.6) is 0 Å². The normalized spacial score (nSPS) is 27.6. The molecule has 0 amide bonds. The maximum atomic E-state index is 4.16. The number of rotatable bonds is 6. The standard InChI is InChI=1S/C19H36P.C3H5.Pd/c1-20(17-11-5-2-6-12-17,18-13-7-3-8-14-18)19-15-9-4-10-16-19;1-3-2;/h17-19H,2-16H2,1H3;3H,1-2H2;/q+1;;-1. The molecule has 0 aromatic heterocycles. The second kappa shape index (κ2) is 8.68. The van der Waals surface area contributed by atoms with Crippen molar-refractivity contribution in [2.45, 2.75) is 118 Å². The summed E-state index contributed by atoms with van der Waals surface area (Å²) in [5, 5.41) is 0. The third kappa shape index (κ3) is 3.62. The van der Waals surface area contributed by atoms with Crippen LogP contribution in [0.15, 0.2) is 12.7 Å². The molecule has 0 nitrogen and oxygen atoms in total. The van der Waals surface area contributed by atoms with Crippen molar-refractivity contribution in [2.75, 3.05) is 6.66 Å². The summed E-state index contributed by atoms with van der Waals surface area (Å²) in [6.07, 6.45) is 25.6. The van der Waals surface area contributed by atoms with E-state index in [0.29, 0.717) is 0 Å². The van der Waals surface area contributed by atoms with Crippen molar-refractivity contribution in [3.63, 3.8) is 0 Å². The quantitative estimate of drug-likeness (QED) is 0.224. The van der Waals surface area contributed by atoms with E-state index < -0.39 is 4.79 Å². The summed E-state index contributed by atoms with van der Waals surface area (Å²) in [5.41, 5.74) is 3.43. The summed E-state index contributed by atoms with van der Waals surface area (Å²) in [4.78, 5) is -0.289. The predicted octanol–water partition coefficient (Wildman–Crippen LogP) is 7.77. The van der Waals surface area contributed by atoms with Crippen LogP contribution in [0.4, 0.5) is 0 Å². The molecular formula is C22H41PPd. The Kier molecular flexibility index (Phi) is 7.09. The molecule has 3 rings (SSSR count). The second-order valence-corrected chi connectivity index (χ2v) is 22.4. The van der Waals surface area contributed by atoms with Gasteiger partial charge in [0.05, 0.1) is 0 Å². The van der Waals surface area contributed by atoms with Crippen LogP contribution in [0, 0.1) is 0 Å². The molecule has 0 unspecified atom stereocenters. The third-order valence-corrected chi connectivity index (χ3v) is 25.9. The van der Waals surface area contributed by atoms with Crippen molar-refractivity contribution in [1.29, 1.82) is 0 Å². The molecule has 24 heavy (non-hydrogen) atoms. The van der Waals surface area contributed by atoms with Crippen molar-refractivity contribution >= 4 is 4.79 Å². The van der Waals surface area contributed by atoms with Gasteiger partial charge in [-0.15, -0.1) is 0 Å². The molecule has 0 heterocycles. The Morgan fingerprint density at radius 1 is 0.708 bits per heavy atom. The first kappa shape index (κ1) is 19.6. The van der Waals surface area contributed by atoms with Crippen molar-refractivity contribution in [2.24, 2.45) is 0 Å². The van der Waals surface area contributed by atoms with Gasteiger partial charge in [0.2, 0.25) is 0 Å². The van der Waals surface area contributed by atoms with Crippen molar-refractivity contribution in [3.8, 4) is 0 Å². The van der Waals surface area contributed by atoms with Gasteiger partial charge in [0.1, 0.15) is 0 Å². The van der Waals surface area contributed by atoms with E-state index in [2.05, 4.69) is 19.3 Å². The monoisotopic (exact) mass is 442 g/mol. The number of hydrogen-bond donors (Lipinski definition) is 0. The SMILES string of the molecule is C=C[CH2][Pd][P](C)(C1CCCCC1)(C1CCCCC1)C1CCCCC1. The van der Waals surface area contributed by atoms with E-state index in [1.807, 2.05) is 0 Å². The van der Waals surface area contributed by atoms with Crippen LogP contribution in [0.2, 0.25) is 4.89 Å². The second-order valence-electron chi connectivity index (χ2n) is 9.00. The van der Waals surface area contributed by atoms with E-state index in [9.17, 15) is 0 Å². The van der Waals surface area contributed by atoms with Gasteiger partial charge >= 0.3 is 160 Å². The Balaban J connectivity index is 2.00.